The lowest BCUT2D eigenvalue weighted by molar-refractivity contribution is -0.129. The monoisotopic (exact) mass is 530 g/mol. The Balaban J connectivity index is 1.86. The summed E-state index contributed by atoms with van der Waals surface area (Å²) < 4.78 is 5.47. The van der Waals surface area contributed by atoms with E-state index in [0.717, 1.165) is 5.56 Å². The summed E-state index contributed by atoms with van der Waals surface area (Å²) in [5.74, 6) is 0.930. The SMILES string of the molecule is C=Cc1c(NC)ncnc1N1CCC(NC(=O)OC(C)(C)C)(C(=O)NC(CO)c2ccc(Cl)cc2)CC1. The maximum Gasteiger partial charge on any atom is 0.408 e. The minimum absolute atomic E-state index is 0.284. The van der Waals surface area contributed by atoms with E-state index in [2.05, 4.69) is 32.5 Å². The number of hydrogen-bond donors (Lipinski definition) is 4. The molecule has 1 aliphatic rings. The van der Waals surface area contributed by atoms with Gasteiger partial charge in [-0.05, 0) is 51.3 Å². The summed E-state index contributed by atoms with van der Waals surface area (Å²) in [5, 5.41) is 19.3. The van der Waals surface area contributed by atoms with Crippen molar-refractivity contribution < 1.29 is 19.4 Å². The van der Waals surface area contributed by atoms with E-state index in [1.54, 1.807) is 58.2 Å². The maximum atomic E-state index is 13.7. The number of rotatable bonds is 8. The summed E-state index contributed by atoms with van der Waals surface area (Å²) >= 11 is 5.99. The quantitative estimate of drug-likeness (QED) is 0.408. The lowest BCUT2D eigenvalue weighted by atomic mass is 9.85. The molecule has 0 radical (unpaired) electrons. The van der Waals surface area contributed by atoms with Crippen LogP contribution in [0.3, 0.4) is 0 Å². The Morgan fingerprint density at radius 3 is 2.43 bits per heavy atom. The van der Waals surface area contributed by atoms with Crippen molar-refractivity contribution in [3.05, 3.63) is 53.3 Å². The number of nitrogens with one attached hydrogen (secondary N) is 3. The number of carbonyl (C=O) groups is 2. The first kappa shape index (κ1) is 28.2. The minimum atomic E-state index is -1.26. The van der Waals surface area contributed by atoms with Gasteiger partial charge in [0.1, 0.15) is 29.1 Å². The second kappa shape index (κ2) is 11.8. The van der Waals surface area contributed by atoms with Crippen LogP contribution in [0.2, 0.25) is 5.02 Å². The van der Waals surface area contributed by atoms with Crippen LogP contribution in [-0.4, -0.2) is 65.0 Å². The molecule has 1 fully saturated rings. The van der Waals surface area contributed by atoms with Gasteiger partial charge in [-0.1, -0.05) is 36.4 Å². The predicted molar refractivity (Wildman–Crippen MR) is 145 cm³/mol. The molecule has 1 aromatic heterocycles. The third-order valence-corrected chi connectivity index (χ3v) is 6.41. The normalized spacial score (nSPS) is 15.9. The van der Waals surface area contributed by atoms with Crippen LogP contribution in [-0.2, 0) is 9.53 Å². The van der Waals surface area contributed by atoms with Crippen molar-refractivity contribution in [1.29, 1.82) is 0 Å². The number of hydrogen-bond acceptors (Lipinski definition) is 8. The van der Waals surface area contributed by atoms with E-state index in [4.69, 9.17) is 16.3 Å². The number of ether oxygens (including phenoxy) is 1. The highest BCUT2D eigenvalue weighted by atomic mass is 35.5. The zero-order valence-electron chi connectivity index (χ0n) is 21.7. The molecule has 2 heterocycles. The molecule has 37 heavy (non-hydrogen) atoms. The van der Waals surface area contributed by atoms with Crippen molar-refractivity contribution in [3.63, 3.8) is 0 Å². The Labute approximate surface area is 222 Å². The molecular weight excluding hydrogens is 496 g/mol. The fourth-order valence-electron chi connectivity index (χ4n) is 4.26. The summed E-state index contributed by atoms with van der Waals surface area (Å²) in [5.41, 5.74) is -0.541. The number of aliphatic hydroxyl groups excluding tert-OH is 1. The van der Waals surface area contributed by atoms with Gasteiger partial charge >= 0.3 is 6.09 Å². The van der Waals surface area contributed by atoms with Crippen molar-refractivity contribution >= 4 is 41.3 Å². The van der Waals surface area contributed by atoms with E-state index >= 15 is 0 Å². The number of anilines is 2. The molecule has 11 heteroatoms. The summed E-state index contributed by atoms with van der Waals surface area (Å²) in [7, 11) is 1.77. The van der Waals surface area contributed by atoms with Gasteiger partial charge in [-0.3, -0.25) is 4.79 Å². The van der Waals surface area contributed by atoms with E-state index in [1.807, 2.05) is 4.90 Å². The molecule has 4 N–H and O–H groups in total. The van der Waals surface area contributed by atoms with Crippen molar-refractivity contribution in [2.45, 2.75) is 50.8 Å². The van der Waals surface area contributed by atoms with Crippen LogP contribution >= 0.6 is 11.6 Å². The standard InChI is InChI=1S/C26H35ClN6O4/c1-6-19-21(28-5)29-16-30-22(19)33-13-11-26(12-14-33,32-24(36)37-25(2,3)4)23(35)31-20(15-34)17-7-9-18(27)10-8-17/h6-10,16,20,34H,1,11-15H2,2-5H3,(H,31,35)(H,32,36)(H,28,29,30). The van der Waals surface area contributed by atoms with Gasteiger partial charge in [-0.25, -0.2) is 14.8 Å². The number of benzene rings is 1. The molecular formula is C26H35ClN6O4. The van der Waals surface area contributed by atoms with Crippen LogP contribution in [0.25, 0.3) is 6.08 Å². The number of aliphatic hydroxyl groups is 1. The highest BCUT2D eigenvalue weighted by Gasteiger charge is 2.45. The van der Waals surface area contributed by atoms with E-state index in [9.17, 15) is 14.7 Å². The second-order valence-electron chi connectivity index (χ2n) is 9.87. The van der Waals surface area contributed by atoms with Crippen molar-refractivity contribution in [1.82, 2.24) is 20.6 Å². The topological polar surface area (TPSA) is 129 Å². The molecule has 1 unspecified atom stereocenters. The van der Waals surface area contributed by atoms with Crippen molar-refractivity contribution in [2.24, 2.45) is 0 Å². The minimum Gasteiger partial charge on any atom is -0.444 e. The van der Waals surface area contributed by atoms with Crippen LogP contribution in [0, 0.1) is 0 Å². The molecule has 2 aromatic rings. The summed E-state index contributed by atoms with van der Waals surface area (Å²) in [6, 6.07) is 6.19. The molecule has 1 saturated heterocycles. The van der Waals surface area contributed by atoms with Crippen LogP contribution in [0.5, 0.6) is 0 Å². The number of halogens is 1. The lowest BCUT2D eigenvalue weighted by Gasteiger charge is -2.42. The van der Waals surface area contributed by atoms with E-state index in [1.165, 1.54) is 6.33 Å². The van der Waals surface area contributed by atoms with Crippen LogP contribution in [0.1, 0.15) is 50.8 Å². The first-order chi connectivity index (χ1) is 17.5. The zero-order valence-corrected chi connectivity index (χ0v) is 22.4. The molecule has 0 aliphatic carbocycles. The molecule has 10 nitrogen and oxygen atoms in total. The molecule has 2 amide bonds. The molecule has 200 valence electrons. The predicted octanol–water partition coefficient (Wildman–Crippen LogP) is 3.53. The molecule has 1 atom stereocenters. The summed E-state index contributed by atoms with van der Waals surface area (Å²) in [6.45, 7) is 9.69. The highest BCUT2D eigenvalue weighted by molar-refractivity contribution is 6.30. The molecule has 0 spiro atoms. The molecule has 0 bridgehead atoms. The first-order valence-electron chi connectivity index (χ1n) is 12.1. The summed E-state index contributed by atoms with van der Waals surface area (Å²) in [4.78, 5) is 37.2. The Hall–Kier alpha value is -3.37. The molecule has 3 rings (SSSR count). The number of piperidine rings is 1. The van der Waals surface area contributed by atoms with Crippen molar-refractivity contribution in [3.8, 4) is 0 Å². The number of alkyl carbamates (subject to hydrolysis) is 1. The van der Waals surface area contributed by atoms with E-state index in [0.29, 0.717) is 35.3 Å². The number of amides is 2. The molecule has 1 aromatic carbocycles. The van der Waals surface area contributed by atoms with Crippen LogP contribution in [0.4, 0.5) is 16.4 Å². The van der Waals surface area contributed by atoms with Gasteiger partial charge in [0.15, 0.2) is 0 Å². The molecule has 1 aliphatic heterocycles. The van der Waals surface area contributed by atoms with Gasteiger partial charge in [0, 0.05) is 25.2 Å². The van der Waals surface area contributed by atoms with E-state index in [-0.39, 0.29) is 19.4 Å². The average Bonchev–Trinajstić information content (AvgIpc) is 2.86. The van der Waals surface area contributed by atoms with Gasteiger partial charge in [-0.15, -0.1) is 0 Å². The first-order valence-corrected chi connectivity index (χ1v) is 12.5. The Bertz CT molecular complexity index is 1110. The van der Waals surface area contributed by atoms with Gasteiger partial charge in [0.05, 0.1) is 18.2 Å². The largest absolute Gasteiger partial charge is 0.444 e. The van der Waals surface area contributed by atoms with Crippen LogP contribution in [0.15, 0.2) is 37.2 Å². The third kappa shape index (κ3) is 6.90. The highest BCUT2D eigenvalue weighted by Crippen LogP contribution is 2.31. The van der Waals surface area contributed by atoms with Gasteiger partial charge in [0.25, 0.3) is 0 Å². The smallest absolute Gasteiger partial charge is 0.408 e. The lowest BCUT2D eigenvalue weighted by Crippen LogP contribution is -2.64. The van der Waals surface area contributed by atoms with E-state index < -0.39 is 29.2 Å². The zero-order chi connectivity index (χ0) is 27.2. The Kier molecular flexibility index (Phi) is 8.98. The summed E-state index contributed by atoms with van der Waals surface area (Å²) in [6.07, 6.45) is 3.04. The fraction of sp³-hybridized carbons (Fsp3) is 0.462. The average molecular weight is 531 g/mol. The number of carbonyl (C=O) groups excluding carboxylic acids is 2. The number of aromatic nitrogens is 2. The van der Waals surface area contributed by atoms with Gasteiger partial charge < -0.3 is 30.7 Å². The third-order valence-electron chi connectivity index (χ3n) is 6.16. The molecule has 0 saturated carbocycles. The maximum absolute atomic E-state index is 13.7. The van der Waals surface area contributed by atoms with Crippen LogP contribution < -0.4 is 20.9 Å². The Morgan fingerprint density at radius 1 is 1.24 bits per heavy atom. The second-order valence-corrected chi connectivity index (χ2v) is 10.3. The Morgan fingerprint density at radius 2 is 1.89 bits per heavy atom. The van der Waals surface area contributed by atoms with Gasteiger partial charge in [-0.2, -0.15) is 0 Å². The number of nitrogens with zero attached hydrogens (tertiary/aromatic N) is 3. The van der Waals surface area contributed by atoms with Gasteiger partial charge in [0.2, 0.25) is 5.91 Å². The van der Waals surface area contributed by atoms with Crippen molar-refractivity contribution in [2.75, 3.05) is 37.0 Å². The fourth-order valence-corrected chi connectivity index (χ4v) is 4.39.